The maximum Gasteiger partial charge on any atom is 0.0577 e. The fraction of sp³-hybridized carbons (Fsp3) is 0.833. The monoisotopic (exact) mass is 196 g/mol. The van der Waals surface area contributed by atoms with E-state index in [1.165, 1.54) is 0 Å². The standard InChI is InChI=1S/C12H20O2/c1-2-3-11(14)12-9-5-4-8(6-9)10(12)7-13/h4-5,8-14H,2-3,6-7H2,1H3. The number of fused-ring (bicyclic) bond motifs is 2. The first-order valence-electron chi connectivity index (χ1n) is 5.75. The van der Waals surface area contributed by atoms with E-state index in [0.29, 0.717) is 23.7 Å². The molecule has 14 heavy (non-hydrogen) atoms. The van der Waals surface area contributed by atoms with E-state index >= 15 is 0 Å². The maximum absolute atomic E-state index is 10.0. The highest BCUT2D eigenvalue weighted by atomic mass is 16.3. The molecule has 0 aromatic rings. The van der Waals surface area contributed by atoms with Crippen LogP contribution in [0.2, 0.25) is 0 Å². The van der Waals surface area contributed by atoms with Gasteiger partial charge in [-0.25, -0.2) is 0 Å². The quantitative estimate of drug-likeness (QED) is 0.670. The van der Waals surface area contributed by atoms with Crippen LogP contribution in [0.15, 0.2) is 12.2 Å². The highest BCUT2D eigenvalue weighted by molar-refractivity contribution is 5.14. The van der Waals surface area contributed by atoms with Crippen LogP contribution < -0.4 is 0 Å². The van der Waals surface area contributed by atoms with Crippen LogP contribution in [0.5, 0.6) is 0 Å². The minimum Gasteiger partial charge on any atom is -0.396 e. The van der Waals surface area contributed by atoms with Crippen LogP contribution in [-0.2, 0) is 0 Å². The minimum atomic E-state index is -0.211. The zero-order chi connectivity index (χ0) is 10.1. The van der Waals surface area contributed by atoms with Crippen LogP contribution in [0.25, 0.3) is 0 Å². The first-order chi connectivity index (χ1) is 6.77. The van der Waals surface area contributed by atoms with Gasteiger partial charge in [0.25, 0.3) is 0 Å². The first-order valence-corrected chi connectivity index (χ1v) is 5.75. The Morgan fingerprint density at radius 1 is 1.36 bits per heavy atom. The molecule has 2 N–H and O–H groups in total. The highest BCUT2D eigenvalue weighted by Crippen LogP contribution is 2.49. The molecule has 0 aromatic carbocycles. The Kier molecular flexibility index (Phi) is 2.93. The predicted octanol–water partition coefficient (Wildman–Crippen LogP) is 1.58. The zero-order valence-corrected chi connectivity index (χ0v) is 8.76. The molecule has 2 aliphatic carbocycles. The topological polar surface area (TPSA) is 40.5 Å². The van der Waals surface area contributed by atoms with Crippen molar-refractivity contribution in [1.82, 2.24) is 0 Å². The van der Waals surface area contributed by atoms with E-state index in [-0.39, 0.29) is 12.7 Å². The van der Waals surface area contributed by atoms with Crippen molar-refractivity contribution in [2.24, 2.45) is 23.7 Å². The molecule has 0 heterocycles. The Balaban J connectivity index is 2.06. The van der Waals surface area contributed by atoms with Crippen LogP contribution in [0.3, 0.4) is 0 Å². The maximum atomic E-state index is 10.0. The summed E-state index contributed by atoms with van der Waals surface area (Å²) in [4.78, 5) is 0. The van der Waals surface area contributed by atoms with Gasteiger partial charge < -0.3 is 10.2 Å². The summed E-state index contributed by atoms with van der Waals surface area (Å²) in [6.07, 6.45) is 7.30. The van der Waals surface area contributed by atoms with Crippen molar-refractivity contribution in [2.45, 2.75) is 32.3 Å². The third-order valence-corrected chi connectivity index (χ3v) is 3.93. The van der Waals surface area contributed by atoms with Gasteiger partial charge in [0.15, 0.2) is 0 Å². The minimum absolute atomic E-state index is 0.211. The molecule has 0 aliphatic heterocycles. The number of aliphatic hydroxyl groups is 2. The van der Waals surface area contributed by atoms with Crippen LogP contribution in [0.1, 0.15) is 26.2 Å². The average Bonchev–Trinajstić information content (AvgIpc) is 2.76. The van der Waals surface area contributed by atoms with E-state index in [0.717, 1.165) is 19.3 Å². The molecule has 0 aromatic heterocycles. The Hall–Kier alpha value is -0.340. The highest BCUT2D eigenvalue weighted by Gasteiger charge is 2.46. The van der Waals surface area contributed by atoms with Gasteiger partial charge in [-0.1, -0.05) is 25.5 Å². The van der Waals surface area contributed by atoms with Crippen molar-refractivity contribution in [3.63, 3.8) is 0 Å². The third-order valence-electron chi connectivity index (χ3n) is 3.93. The van der Waals surface area contributed by atoms with Gasteiger partial charge in [-0.3, -0.25) is 0 Å². The van der Waals surface area contributed by atoms with Crippen molar-refractivity contribution in [2.75, 3.05) is 6.61 Å². The van der Waals surface area contributed by atoms with Crippen molar-refractivity contribution in [1.29, 1.82) is 0 Å². The van der Waals surface area contributed by atoms with Gasteiger partial charge in [0.05, 0.1) is 6.10 Å². The Morgan fingerprint density at radius 3 is 2.71 bits per heavy atom. The summed E-state index contributed by atoms with van der Waals surface area (Å²) in [5.74, 6) is 1.68. The van der Waals surface area contributed by atoms with Crippen molar-refractivity contribution in [3.8, 4) is 0 Å². The summed E-state index contributed by atoms with van der Waals surface area (Å²) >= 11 is 0. The number of aliphatic hydroxyl groups excluding tert-OH is 2. The van der Waals surface area contributed by atoms with E-state index in [2.05, 4.69) is 19.1 Å². The summed E-state index contributed by atoms with van der Waals surface area (Å²) in [6, 6.07) is 0. The van der Waals surface area contributed by atoms with Crippen molar-refractivity contribution >= 4 is 0 Å². The second kappa shape index (κ2) is 4.03. The fourth-order valence-electron chi connectivity index (χ4n) is 3.28. The van der Waals surface area contributed by atoms with E-state index in [4.69, 9.17) is 0 Å². The van der Waals surface area contributed by atoms with Crippen LogP contribution in [-0.4, -0.2) is 22.9 Å². The van der Waals surface area contributed by atoms with Gasteiger partial charge in [0.1, 0.15) is 0 Å². The molecular formula is C12H20O2. The average molecular weight is 196 g/mol. The van der Waals surface area contributed by atoms with E-state index in [1.807, 2.05) is 0 Å². The molecule has 0 amide bonds. The first kappa shape index (κ1) is 10.2. The Labute approximate surface area is 85.6 Å². The van der Waals surface area contributed by atoms with Gasteiger partial charge >= 0.3 is 0 Å². The second-order valence-electron chi connectivity index (χ2n) is 4.73. The summed E-state index contributed by atoms with van der Waals surface area (Å²) in [5.41, 5.74) is 0. The van der Waals surface area contributed by atoms with E-state index in [9.17, 15) is 10.2 Å². The second-order valence-corrected chi connectivity index (χ2v) is 4.73. The lowest BCUT2D eigenvalue weighted by Crippen LogP contribution is -2.33. The van der Waals surface area contributed by atoms with Crippen molar-refractivity contribution < 1.29 is 10.2 Å². The van der Waals surface area contributed by atoms with Gasteiger partial charge in [-0.2, -0.15) is 0 Å². The Morgan fingerprint density at radius 2 is 2.07 bits per heavy atom. The Bertz CT molecular complexity index is 224. The molecule has 5 atom stereocenters. The lowest BCUT2D eigenvalue weighted by Gasteiger charge is -2.30. The fourth-order valence-corrected chi connectivity index (χ4v) is 3.28. The molecule has 1 fully saturated rings. The SMILES string of the molecule is CCCC(O)C1C2C=CC(C2)C1CO. The summed E-state index contributed by atoms with van der Waals surface area (Å²) in [5, 5.41) is 19.4. The number of allylic oxidation sites excluding steroid dienone is 2. The summed E-state index contributed by atoms with van der Waals surface area (Å²) in [7, 11) is 0. The predicted molar refractivity (Wildman–Crippen MR) is 55.7 cm³/mol. The molecular weight excluding hydrogens is 176 g/mol. The van der Waals surface area contributed by atoms with E-state index < -0.39 is 0 Å². The van der Waals surface area contributed by atoms with Gasteiger partial charge in [0.2, 0.25) is 0 Å². The normalized spacial score (nSPS) is 41.9. The molecule has 0 saturated heterocycles. The molecule has 2 heteroatoms. The summed E-state index contributed by atoms with van der Waals surface area (Å²) < 4.78 is 0. The van der Waals surface area contributed by atoms with Gasteiger partial charge in [-0.15, -0.1) is 0 Å². The third kappa shape index (κ3) is 1.51. The smallest absolute Gasteiger partial charge is 0.0577 e. The molecule has 2 nitrogen and oxygen atoms in total. The van der Waals surface area contributed by atoms with E-state index in [1.54, 1.807) is 0 Å². The zero-order valence-electron chi connectivity index (χ0n) is 8.76. The molecule has 1 saturated carbocycles. The number of hydrogen-bond acceptors (Lipinski definition) is 2. The summed E-state index contributed by atoms with van der Waals surface area (Å²) in [6.45, 7) is 2.33. The molecule has 2 rings (SSSR count). The number of rotatable bonds is 4. The van der Waals surface area contributed by atoms with Crippen LogP contribution in [0, 0.1) is 23.7 Å². The molecule has 80 valence electrons. The molecule has 0 spiro atoms. The van der Waals surface area contributed by atoms with Crippen molar-refractivity contribution in [3.05, 3.63) is 12.2 Å². The molecule has 0 radical (unpaired) electrons. The number of hydrogen-bond donors (Lipinski definition) is 2. The van der Waals surface area contributed by atoms with Crippen LogP contribution in [0.4, 0.5) is 0 Å². The van der Waals surface area contributed by atoms with Gasteiger partial charge in [-0.05, 0) is 36.5 Å². The largest absolute Gasteiger partial charge is 0.396 e. The lowest BCUT2D eigenvalue weighted by atomic mass is 9.79. The lowest BCUT2D eigenvalue weighted by molar-refractivity contribution is 0.0358. The van der Waals surface area contributed by atoms with Gasteiger partial charge in [0, 0.05) is 6.61 Å². The molecule has 2 aliphatic rings. The molecule has 2 bridgehead atoms. The van der Waals surface area contributed by atoms with Crippen LogP contribution >= 0.6 is 0 Å². The molecule has 5 unspecified atom stereocenters.